The standard InChI is InChI=1S/C12H17ClO2S/c1-9(14)11-8-10(13)4-5-12(11)15-6-3-7-16-2/h4-5,8-9,14H,3,6-7H2,1-2H3/t9-/m1/s1. The average Bonchev–Trinajstić information content (AvgIpc) is 2.26. The van der Waals surface area contributed by atoms with E-state index in [2.05, 4.69) is 6.26 Å². The Kier molecular flexibility index (Phi) is 6.03. The fraction of sp³-hybridized carbons (Fsp3) is 0.500. The molecule has 0 aliphatic rings. The fourth-order valence-corrected chi connectivity index (χ4v) is 1.95. The minimum Gasteiger partial charge on any atom is -0.493 e. The van der Waals surface area contributed by atoms with Gasteiger partial charge in [-0.25, -0.2) is 0 Å². The van der Waals surface area contributed by atoms with Gasteiger partial charge in [-0.05, 0) is 43.6 Å². The molecular formula is C12H17ClO2S. The van der Waals surface area contributed by atoms with Gasteiger partial charge in [-0.15, -0.1) is 0 Å². The lowest BCUT2D eigenvalue weighted by Crippen LogP contribution is -2.03. The van der Waals surface area contributed by atoms with E-state index in [1.807, 2.05) is 6.07 Å². The monoisotopic (exact) mass is 260 g/mol. The summed E-state index contributed by atoms with van der Waals surface area (Å²) in [6.07, 6.45) is 2.52. The first-order valence-electron chi connectivity index (χ1n) is 5.24. The number of aliphatic hydroxyl groups is 1. The van der Waals surface area contributed by atoms with Crippen LogP contribution in [0.5, 0.6) is 5.75 Å². The van der Waals surface area contributed by atoms with Gasteiger partial charge in [0.2, 0.25) is 0 Å². The molecule has 0 saturated heterocycles. The summed E-state index contributed by atoms with van der Waals surface area (Å²) in [6.45, 7) is 2.38. The van der Waals surface area contributed by atoms with Crippen molar-refractivity contribution in [3.63, 3.8) is 0 Å². The Morgan fingerprint density at radius 3 is 2.88 bits per heavy atom. The van der Waals surface area contributed by atoms with Crippen LogP contribution in [0.15, 0.2) is 18.2 Å². The summed E-state index contributed by atoms with van der Waals surface area (Å²) in [5.74, 6) is 1.80. The minimum atomic E-state index is -0.561. The smallest absolute Gasteiger partial charge is 0.125 e. The second-order valence-corrected chi connectivity index (χ2v) is 4.97. The predicted octanol–water partition coefficient (Wildman–Crippen LogP) is 3.53. The lowest BCUT2D eigenvalue weighted by Gasteiger charge is -2.13. The van der Waals surface area contributed by atoms with Gasteiger partial charge in [-0.3, -0.25) is 0 Å². The highest BCUT2D eigenvalue weighted by Gasteiger charge is 2.09. The lowest BCUT2D eigenvalue weighted by molar-refractivity contribution is 0.191. The molecule has 0 amide bonds. The zero-order valence-electron chi connectivity index (χ0n) is 9.57. The largest absolute Gasteiger partial charge is 0.493 e. The van der Waals surface area contributed by atoms with E-state index in [0.29, 0.717) is 11.6 Å². The predicted molar refractivity (Wildman–Crippen MR) is 70.6 cm³/mol. The van der Waals surface area contributed by atoms with Crippen molar-refractivity contribution in [2.24, 2.45) is 0 Å². The molecule has 0 spiro atoms. The SMILES string of the molecule is CSCCCOc1ccc(Cl)cc1[C@@H](C)O. The van der Waals surface area contributed by atoms with E-state index < -0.39 is 6.10 Å². The molecule has 0 aliphatic heterocycles. The molecule has 1 aromatic carbocycles. The van der Waals surface area contributed by atoms with Crippen molar-refractivity contribution < 1.29 is 9.84 Å². The Labute approximate surface area is 106 Å². The molecule has 1 N–H and O–H groups in total. The Balaban J connectivity index is 2.64. The topological polar surface area (TPSA) is 29.5 Å². The number of hydrogen-bond acceptors (Lipinski definition) is 3. The van der Waals surface area contributed by atoms with E-state index in [9.17, 15) is 5.11 Å². The van der Waals surface area contributed by atoms with Crippen LogP contribution in [0.2, 0.25) is 5.02 Å². The van der Waals surface area contributed by atoms with Gasteiger partial charge in [0.1, 0.15) is 5.75 Å². The summed E-state index contributed by atoms with van der Waals surface area (Å²) in [6, 6.07) is 5.33. The van der Waals surface area contributed by atoms with Crippen LogP contribution < -0.4 is 4.74 Å². The highest BCUT2D eigenvalue weighted by molar-refractivity contribution is 7.98. The zero-order chi connectivity index (χ0) is 12.0. The third kappa shape index (κ3) is 4.24. The van der Waals surface area contributed by atoms with E-state index in [1.54, 1.807) is 30.8 Å². The highest BCUT2D eigenvalue weighted by Crippen LogP contribution is 2.28. The molecule has 2 nitrogen and oxygen atoms in total. The molecule has 0 aromatic heterocycles. The number of aliphatic hydroxyl groups excluding tert-OH is 1. The van der Waals surface area contributed by atoms with Crippen molar-refractivity contribution in [2.45, 2.75) is 19.4 Å². The maximum absolute atomic E-state index is 9.59. The molecule has 1 atom stereocenters. The van der Waals surface area contributed by atoms with Gasteiger partial charge in [0.15, 0.2) is 0 Å². The third-order valence-electron chi connectivity index (χ3n) is 2.17. The molecule has 0 radical (unpaired) electrons. The molecule has 1 rings (SSSR count). The molecule has 16 heavy (non-hydrogen) atoms. The van der Waals surface area contributed by atoms with Crippen LogP contribution in [0.4, 0.5) is 0 Å². The van der Waals surface area contributed by atoms with Crippen LogP contribution in [-0.2, 0) is 0 Å². The fourth-order valence-electron chi connectivity index (χ4n) is 1.36. The van der Waals surface area contributed by atoms with Gasteiger partial charge in [0.05, 0.1) is 12.7 Å². The first-order valence-corrected chi connectivity index (χ1v) is 7.01. The Morgan fingerprint density at radius 1 is 1.50 bits per heavy atom. The lowest BCUT2D eigenvalue weighted by atomic mass is 10.1. The quantitative estimate of drug-likeness (QED) is 0.794. The Hall–Kier alpha value is -0.380. The molecule has 0 heterocycles. The molecular weight excluding hydrogens is 244 g/mol. The normalized spacial score (nSPS) is 12.5. The molecule has 90 valence electrons. The summed E-state index contributed by atoms with van der Waals surface area (Å²) in [5.41, 5.74) is 0.747. The zero-order valence-corrected chi connectivity index (χ0v) is 11.1. The number of benzene rings is 1. The maximum Gasteiger partial charge on any atom is 0.125 e. The van der Waals surface area contributed by atoms with Crippen molar-refractivity contribution in [1.82, 2.24) is 0 Å². The van der Waals surface area contributed by atoms with Gasteiger partial charge in [-0.2, -0.15) is 11.8 Å². The molecule has 0 unspecified atom stereocenters. The molecule has 0 bridgehead atoms. The van der Waals surface area contributed by atoms with Gasteiger partial charge in [-0.1, -0.05) is 11.6 Å². The van der Waals surface area contributed by atoms with Crippen molar-refractivity contribution in [3.8, 4) is 5.75 Å². The van der Waals surface area contributed by atoms with Crippen molar-refractivity contribution in [1.29, 1.82) is 0 Å². The average molecular weight is 261 g/mol. The second kappa shape index (κ2) is 7.05. The van der Waals surface area contributed by atoms with E-state index in [4.69, 9.17) is 16.3 Å². The summed E-state index contributed by atoms with van der Waals surface area (Å²) in [5, 5.41) is 10.2. The van der Waals surface area contributed by atoms with Crippen LogP contribution in [0.25, 0.3) is 0 Å². The van der Waals surface area contributed by atoms with E-state index in [-0.39, 0.29) is 0 Å². The van der Waals surface area contributed by atoms with Crippen LogP contribution in [0.3, 0.4) is 0 Å². The molecule has 4 heteroatoms. The summed E-state index contributed by atoms with van der Waals surface area (Å²) in [4.78, 5) is 0. The van der Waals surface area contributed by atoms with Crippen LogP contribution in [0, 0.1) is 0 Å². The molecule has 0 fully saturated rings. The van der Waals surface area contributed by atoms with Crippen LogP contribution in [0.1, 0.15) is 25.0 Å². The summed E-state index contributed by atoms with van der Waals surface area (Å²) in [7, 11) is 0. The first kappa shape index (κ1) is 13.7. The van der Waals surface area contributed by atoms with E-state index in [1.165, 1.54) is 0 Å². The van der Waals surface area contributed by atoms with Crippen molar-refractivity contribution in [3.05, 3.63) is 28.8 Å². The Bertz CT molecular complexity index is 329. The summed E-state index contributed by atoms with van der Waals surface area (Å²) < 4.78 is 5.62. The van der Waals surface area contributed by atoms with Gasteiger partial charge >= 0.3 is 0 Å². The maximum atomic E-state index is 9.59. The minimum absolute atomic E-state index is 0.561. The molecule has 0 aliphatic carbocycles. The van der Waals surface area contributed by atoms with E-state index >= 15 is 0 Å². The third-order valence-corrected chi connectivity index (χ3v) is 3.10. The number of thioether (sulfide) groups is 1. The highest BCUT2D eigenvalue weighted by atomic mass is 35.5. The molecule has 0 saturated carbocycles. The summed E-state index contributed by atoms with van der Waals surface area (Å²) >= 11 is 7.67. The number of ether oxygens (including phenoxy) is 1. The number of rotatable bonds is 6. The number of halogens is 1. The molecule has 1 aromatic rings. The van der Waals surface area contributed by atoms with Crippen LogP contribution >= 0.6 is 23.4 Å². The number of hydrogen-bond donors (Lipinski definition) is 1. The van der Waals surface area contributed by atoms with Gasteiger partial charge in [0.25, 0.3) is 0 Å². The van der Waals surface area contributed by atoms with Crippen LogP contribution in [-0.4, -0.2) is 23.7 Å². The first-order chi connectivity index (χ1) is 7.65. The van der Waals surface area contributed by atoms with Crippen molar-refractivity contribution >= 4 is 23.4 Å². The van der Waals surface area contributed by atoms with Gasteiger partial charge < -0.3 is 9.84 Å². The second-order valence-electron chi connectivity index (χ2n) is 3.55. The van der Waals surface area contributed by atoms with Crippen molar-refractivity contribution in [2.75, 3.05) is 18.6 Å². The Morgan fingerprint density at radius 2 is 2.25 bits per heavy atom. The van der Waals surface area contributed by atoms with Gasteiger partial charge in [0, 0.05) is 10.6 Å². The van der Waals surface area contributed by atoms with E-state index in [0.717, 1.165) is 23.5 Å².